The van der Waals surface area contributed by atoms with E-state index in [2.05, 4.69) is 18.4 Å². The first-order valence-corrected chi connectivity index (χ1v) is 9.32. The maximum Gasteiger partial charge on any atom is 0.247 e. The van der Waals surface area contributed by atoms with Crippen LogP contribution in [0.25, 0.3) is 6.08 Å². The fraction of sp³-hybridized carbons (Fsp3) is 0.350. The van der Waals surface area contributed by atoms with Crippen molar-refractivity contribution < 1.29 is 14.3 Å². The number of methoxy groups -OCH3 is 2. The van der Waals surface area contributed by atoms with Gasteiger partial charge in [-0.25, -0.2) is 0 Å². The summed E-state index contributed by atoms with van der Waals surface area (Å²) < 4.78 is 10.6. The van der Waals surface area contributed by atoms with Crippen molar-refractivity contribution in [3.05, 3.63) is 51.7 Å². The van der Waals surface area contributed by atoms with Crippen LogP contribution in [0.15, 0.2) is 35.7 Å². The Morgan fingerprint density at radius 1 is 1.28 bits per heavy atom. The number of amides is 1. The molecule has 1 atom stereocenters. The third-order valence-corrected chi connectivity index (χ3v) is 5.59. The largest absolute Gasteiger partial charge is 0.493 e. The van der Waals surface area contributed by atoms with Crippen molar-refractivity contribution in [2.24, 2.45) is 0 Å². The van der Waals surface area contributed by atoms with Gasteiger partial charge in [0.1, 0.15) is 0 Å². The Kier molecular flexibility index (Phi) is 5.43. The Labute approximate surface area is 152 Å². The van der Waals surface area contributed by atoms with E-state index >= 15 is 0 Å². The molecular formula is C20H23NO3S. The number of hydrogen-bond donors (Lipinski definition) is 0. The molecule has 0 saturated carbocycles. The Morgan fingerprint density at radius 2 is 2.08 bits per heavy atom. The molecule has 1 aromatic carbocycles. The van der Waals surface area contributed by atoms with E-state index in [1.165, 1.54) is 10.4 Å². The molecule has 0 spiro atoms. The molecule has 3 rings (SSSR count). The number of rotatable bonds is 5. The summed E-state index contributed by atoms with van der Waals surface area (Å²) in [6.45, 7) is 2.91. The lowest BCUT2D eigenvalue weighted by atomic mass is 9.97. The van der Waals surface area contributed by atoms with Gasteiger partial charge in [-0.05, 0) is 53.6 Å². The lowest BCUT2D eigenvalue weighted by molar-refractivity contribution is -0.128. The van der Waals surface area contributed by atoms with Gasteiger partial charge in [0, 0.05) is 17.5 Å². The summed E-state index contributed by atoms with van der Waals surface area (Å²) in [5.74, 6) is 1.39. The number of carbonyl (C=O) groups excluding carboxylic acids is 1. The smallest absolute Gasteiger partial charge is 0.247 e. The molecule has 0 N–H and O–H groups in total. The Bertz CT molecular complexity index is 781. The van der Waals surface area contributed by atoms with Gasteiger partial charge in [0.15, 0.2) is 11.5 Å². The highest BCUT2D eigenvalue weighted by molar-refractivity contribution is 7.10. The van der Waals surface area contributed by atoms with Crippen LogP contribution in [0.1, 0.15) is 35.4 Å². The standard InChI is InChI=1S/C20H23NO3S/c1-4-16-15-10-12-25-19(15)9-11-21(16)20(22)8-6-14-5-7-17(23-2)18(13-14)24-3/h5-8,10,12-13,16H,4,9,11H2,1-3H3. The normalized spacial score (nSPS) is 16.8. The number of fused-ring (bicyclic) bond motifs is 1. The molecule has 2 heterocycles. The average molecular weight is 357 g/mol. The monoisotopic (exact) mass is 357 g/mol. The quantitative estimate of drug-likeness (QED) is 0.748. The highest BCUT2D eigenvalue weighted by Crippen LogP contribution is 2.35. The summed E-state index contributed by atoms with van der Waals surface area (Å²) in [4.78, 5) is 16.1. The van der Waals surface area contributed by atoms with Gasteiger partial charge in [-0.1, -0.05) is 13.0 Å². The average Bonchev–Trinajstić information content (AvgIpc) is 3.13. The first-order chi connectivity index (χ1) is 12.2. The highest BCUT2D eigenvalue weighted by atomic mass is 32.1. The molecule has 0 bridgehead atoms. The van der Waals surface area contributed by atoms with E-state index in [1.54, 1.807) is 31.6 Å². The van der Waals surface area contributed by atoms with E-state index < -0.39 is 0 Å². The van der Waals surface area contributed by atoms with Crippen molar-refractivity contribution >= 4 is 23.3 Å². The van der Waals surface area contributed by atoms with Crippen molar-refractivity contribution in [2.45, 2.75) is 25.8 Å². The molecule has 1 aliphatic rings. The highest BCUT2D eigenvalue weighted by Gasteiger charge is 2.29. The zero-order valence-corrected chi connectivity index (χ0v) is 15.6. The van der Waals surface area contributed by atoms with Crippen LogP contribution < -0.4 is 9.47 Å². The predicted molar refractivity (Wildman–Crippen MR) is 101 cm³/mol. The molecule has 1 aliphatic heterocycles. The SMILES string of the molecule is CCC1c2ccsc2CCN1C(=O)C=Cc1ccc(OC)c(OC)c1. The van der Waals surface area contributed by atoms with E-state index in [1.807, 2.05) is 29.2 Å². The zero-order valence-electron chi connectivity index (χ0n) is 14.8. The van der Waals surface area contributed by atoms with Gasteiger partial charge in [-0.3, -0.25) is 4.79 Å². The Morgan fingerprint density at radius 3 is 2.80 bits per heavy atom. The molecule has 5 heteroatoms. The molecule has 4 nitrogen and oxygen atoms in total. The van der Waals surface area contributed by atoms with Crippen molar-refractivity contribution in [1.29, 1.82) is 0 Å². The minimum absolute atomic E-state index is 0.0542. The minimum Gasteiger partial charge on any atom is -0.493 e. The second-order valence-electron chi connectivity index (χ2n) is 5.95. The summed E-state index contributed by atoms with van der Waals surface area (Å²) in [5, 5.41) is 2.13. The van der Waals surface area contributed by atoms with Crippen LogP contribution in [0.4, 0.5) is 0 Å². The van der Waals surface area contributed by atoms with Gasteiger partial charge in [0.25, 0.3) is 0 Å². The summed E-state index contributed by atoms with van der Waals surface area (Å²) in [6, 6.07) is 7.96. The minimum atomic E-state index is 0.0542. The van der Waals surface area contributed by atoms with Crippen LogP contribution in [-0.4, -0.2) is 31.6 Å². The number of nitrogens with zero attached hydrogens (tertiary/aromatic N) is 1. The van der Waals surface area contributed by atoms with Gasteiger partial charge in [-0.15, -0.1) is 11.3 Å². The van der Waals surface area contributed by atoms with Crippen LogP contribution >= 0.6 is 11.3 Å². The van der Waals surface area contributed by atoms with Crippen LogP contribution in [0, 0.1) is 0 Å². The topological polar surface area (TPSA) is 38.8 Å². The number of benzene rings is 1. The molecule has 1 amide bonds. The molecular weight excluding hydrogens is 334 g/mol. The van der Waals surface area contributed by atoms with E-state index in [0.717, 1.165) is 24.9 Å². The first-order valence-electron chi connectivity index (χ1n) is 8.45. The molecule has 25 heavy (non-hydrogen) atoms. The van der Waals surface area contributed by atoms with Gasteiger partial charge in [0.05, 0.1) is 20.3 Å². The van der Waals surface area contributed by atoms with Crippen LogP contribution in [0.2, 0.25) is 0 Å². The second kappa shape index (κ2) is 7.74. The van der Waals surface area contributed by atoms with Gasteiger partial charge in [0.2, 0.25) is 5.91 Å². The molecule has 0 saturated heterocycles. The fourth-order valence-corrected chi connectivity index (χ4v) is 4.25. The maximum atomic E-state index is 12.7. The van der Waals surface area contributed by atoms with Crippen LogP contribution in [0.5, 0.6) is 11.5 Å². The predicted octanol–water partition coefficient (Wildman–Crippen LogP) is 4.31. The summed E-state index contributed by atoms with van der Waals surface area (Å²) in [5.41, 5.74) is 2.22. The lowest BCUT2D eigenvalue weighted by Gasteiger charge is -2.34. The van der Waals surface area contributed by atoms with E-state index in [-0.39, 0.29) is 11.9 Å². The molecule has 2 aromatic rings. The number of carbonyl (C=O) groups is 1. The number of ether oxygens (including phenoxy) is 2. The Balaban J connectivity index is 1.77. The zero-order chi connectivity index (χ0) is 17.8. The van der Waals surface area contributed by atoms with Gasteiger partial charge < -0.3 is 14.4 Å². The third kappa shape index (κ3) is 3.56. The first kappa shape index (κ1) is 17.5. The van der Waals surface area contributed by atoms with E-state index in [4.69, 9.17) is 9.47 Å². The van der Waals surface area contributed by atoms with E-state index in [9.17, 15) is 4.79 Å². The summed E-state index contributed by atoms with van der Waals surface area (Å²) in [6.07, 6.45) is 5.36. The molecule has 0 radical (unpaired) electrons. The molecule has 1 unspecified atom stereocenters. The van der Waals surface area contributed by atoms with Crippen molar-refractivity contribution in [2.75, 3.05) is 20.8 Å². The summed E-state index contributed by atoms with van der Waals surface area (Å²) >= 11 is 1.79. The molecule has 132 valence electrons. The molecule has 0 aliphatic carbocycles. The summed E-state index contributed by atoms with van der Waals surface area (Å²) in [7, 11) is 3.21. The van der Waals surface area contributed by atoms with Crippen LogP contribution in [0.3, 0.4) is 0 Å². The van der Waals surface area contributed by atoms with Crippen molar-refractivity contribution in [1.82, 2.24) is 4.90 Å². The van der Waals surface area contributed by atoms with Crippen molar-refractivity contribution in [3.8, 4) is 11.5 Å². The van der Waals surface area contributed by atoms with E-state index in [0.29, 0.717) is 11.5 Å². The van der Waals surface area contributed by atoms with Crippen molar-refractivity contribution in [3.63, 3.8) is 0 Å². The van der Waals surface area contributed by atoms with Gasteiger partial charge in [-0.2, -0.15) is 0 Å². The molecule has 0 fully saturated rings. The lowest BCUT2D eigenvalue weighted by Crippen LogP contribution is -2.38. The number of thiophene rings is 1. The maximum absolute atomic E-state index is 12.7. The van der Waals surface area contributed by atoms with Gasteiger partial charge >= 0.3 is 0 Å². The third-order valence-electron chi connectivity index (χ3n) is 4.59. The van der Waals surface area contributed by atoms with Crippen LogP contribution in [-0.2, 0) is 11.2 Å². The second-order valence-corrected chi connectivity index (χ2v) is 6.95. The Hall–Kier alpha value is -2.27. The number of hydrogen-bond acceptors (Lipinski definition) is 4. The molecule has 1 aromatic heterocycles. The fourth-order valence-electron chi connectivity index (χ4n) is 3.32.